The Kier molecular flexibility index (Phi) is 16.4. The second kappa shape index (κ2) is 22.5. The molecule has 0 atom stereocenters. The van der Waals surface area contributed by atoms with Crippen molar-refractivity contribution in [3.63, 3.8) is 0 Å². The first kappa shape index (κ1) is 34.9. The lowest BCUT2D eigenvalue weighted by Crippen LogP contribution is -2.30. The van der Waals surface area contributed by atoms with Crippen LogP contribution in [0.15, 0.2) is 125 Å². The van der Waals surface area contributed by atoms with E-state index in [2.05, 4.69) is 81.5 Å². The van der Waals surface area contributed by atoms with Gasteiger partial charge in [0, 0.05) is 50.3 Å². The molecule has 7 aliphatic rings. The number of fused-ring (bicyclic) bond motifs is 3. The SMILES string of the molecule is C1=CCN=C1.C1=CNC2=NCC=C2N1.C1=NCN=C1.C1COCCN1.c1ccc2c(c1)=NCN=2.c1cnc2c(c1)=NCN=2.c1nn[nH]n1. The summed E-state index contributed by atoms with van der Waals surface area (Å²) in [5.41, 5.74) is 1.87. The third-order valence-corrected chi connectivity index (χ3v) is 6.03. The predicted molar refractivity (Wildman–Crippen MR) is 183 cm³/mol. The maximum Gasteiger partial charge on any atom is 0.174 e. The van der Waals surface area contributed by atoms with Gasteiger partial charge in [0.25, 0.3) is 0 Å². The van der Waals surface area contributed by atoms with Gasteiger partial charge >= 0.3 is 0 Å². The number of aliphatic imine (C=N–C) groups is 4. The van der Waals surface area contributed by atoms with Crippen LogP contribution in [0, 0.1) is 0 Å². The van der Waals surface area contributed by atoms with Crippen LogP contribution >= 0.6 is 0 Å². The van der Waals surface area contributed by atoms with Crippen LogP contribution < -0.4 is 37.5 Å². The number of pyridine rings is 1. The van der Waals surface area contributed by atoms with Gasteiger partial charge in [-0.1, -0.05) is 23.4 Å². The van der Waals surface area contributed by atoms with Gasteiger partial charge in [-0.25, -0.2) is 9.98 Å². The smallest absolute Gasteiger partial charge is 0.174 e. The zero-order valence-electron chi connectivity index (χ0n) is 26.4. The molecule has 0 amide bonds. The van der Waals surface area contributed by atoms with Crippen LogP contribution in [0.5, 0.6) is 0 Å². The monoisotopic (exact) mass is 650 g/mol. The van der Waals surface area contributed by atoms with Gasteiger partial charge in [-0.2, -0.15) is 5.21 Å². The minimum Gasteiger partial charge on any atom is -0.379 e. The van der Waals surface area contributed by atoms with Crippen LogP contribution in [0.1, 0.15) is 0 Å². The summed E-state index contributed by atoms with van der Waals surface area (Å²) in [4.78, 5) is 35.8. The fourth-order valence-electron chi connectivity index (χ4n) is 3.83. The Morgan fingerprint density at radius 2 is 1.44 bits per heavy atom. The van der Waals surface area contributed by atoms with E-state index in [4.69, 9.17) is 4.74 Å². The highest BCUT2D eigenvalue weighted by Crippen LogP contribution is 2.03. The van der Waals surface area contributed by atoms with Crippen LogP contribution in [0.3, 0.4) is 0 Å². The average molecular weight is 651 g/mol. The van der Waals surface area contributed by atoms with E-state index in [0.29, 0.717) is 20.0 Å². The number of allylic oxidation sites excluding steroid dienone is 1. The Hall–Kier alpha value is -5.94. The van der Waals surface area contributed by atoms with Gasteiger partial charge < -0.3 is 20.7 Å². The van der Waals surface area contributed by atoms with Crippen molar-refractivity contribution >= 4 is 24.5 Å². The van der Waals surface area contributed by atoms with E-state index >= 15 is 0 Å². The van der Waals surface area contributed by atoms with E-state index in [0.717, 1.165) is 72.5 Å². The van der Waals surface area contributed by atoms with Crippen molar-refractivity contribution in [2.75, 3.05) is 59.4 Å². The fraction of sp³-hybridized carbons (Fsp3) is 0.290. The molecule has 1 saturated heterocycles. The first-order valence-corrected chi connectivity index (χ1v) is 15.2. The number of amidine groups is 1. The molecule has 17 heteroatoms. The van der Waals surface area contributed by atoms with Crippen LogP contribution in [-0.4, -0.2) is 109 Å². The zero-order chi connectivity index (χ0) is 33.2. The molecule has 1 fully saturated rings. The Labute approximate surface area is 276 Å². The molecule has 0 aliphatic carbocycles. The van der Waals surface area contributed by atoms with E-state index in [1.807, 2.05) is 67.0 Å². The van der Waals surface area contributed by atoms with Crippen LogP contribution in [0.25, 0.3) is 0 Å². The third-order valence-electron chi connectivity index (χ3n) is 6.03. The molecular weight excluding hydrogens is 612 g/mol. The molecule has 0 saturated carbocycles. The minimum absolute atomic E-state index is 0.548. The van der Waals surface area contributed by atoms with Gasteiger partial charge in [-0.15, -0.1) is 10.2 Å². The number of tetrazole rings is 1. The first-order chi connectivity index (χ1) is 23.9. The minimum atomic E-state index is 0.548. The molecule has 4 N–H and O–H groups in total. The highest BCUT2D eigenvalue weighted by atomic mass is 16.5. The van der Waals surface area contributed by atoms with E-state index in [9.17, 15) is 0 Å². The molecule has 1 aromatic carbocycles. The number of rotatable bonds is 0. The molecule has 0 unspecified atom stereocenters. The van der Waals surface area contributed by atoms with Crippen LogP contribution in [-0.2, 0) is 4.74 Å². The lowest BCUT2D eigenvalue weighted by molar-refractivity contribution is 0.109. The number of morpholine rings is 1. The predicted octanol–water partition coefficient (Wildman–Crippen LogP) is -1.33. The van der Waals surface area contributed by atoms with Crippen molar-refractivity contribution in [1.29, 1.82) is 0 Å². The number of hydrogen-bond acceptors (Lipinski definition) is 16. The number of aromatic nitrogens is 5. The molecule has 9 heterocycles. The molecule has 0 spiro atoms. The lowest BCUT2D eigenvalue weighted by Gasteiger charge is -2.10. The molecule has 0 radical (unpaired) electrons. The molecule has 17 nitrogen and oxygen atoms in total. The van der Waals surface area contributed by atoms with Crippen molar-refractivity contribution < 1.29 is 4.74 Å². The second-order valence-corrected chi connectivity index (χ2v) is 9.35. The standard InChI is InChI=1S/C7H6N2.C6H7N3.C6H5N3.C4H9NO.C4H5N.C3H4N2.CH2N4/c1-2-4-7-6(3-1)8-5-9-7;1-2-8-6-5(1)7-3-4-9-6;1-2-5-6(7-3-1)9-4-8-5;1-3-6-4-2-5-1;1-2-4-5-3-1;1-2-5-3-4-1;1-2-4-5-3-1/h1-4H,5H2;1,3-4,7H,2H2,(H,8,9);1-3H,4H2;5H,1-4H2;1-3H,4H2;1-2H,3H2;1H,(H,2,3,4,5). The second-order valence-electron chi connectivity index (χ2n) is 9.35. The Bertz CT molecular complexity index is 1600. The molecule has 10 rings (SSSR count). The number of benzene rings is 1. The van der Waals surface area contributed by atoms with E-state index in [1.165, 1.54) is 6.33 Å². The van der Waals surface area contributed by atoms with Crippen molar-refractivity contribution in [3.8, 4) is 0 Å². The molecule has 48 heavy (non-hydrogen) atoms. The maximum absolute atomic E-state index is 5.01. The molecule has 0 bridgehead atoms. The first-order valence-electron chi connectivity index (χ1n) is 15.2. The van der Waals surface area contributed by atoms with Gasteiger partial charge in [0.2, 0.25) is 0 Å². The van der Waals surface area contributed by atoms with Gasteiger partial charge in [-0.3, -0.25) is 34.9 Å². The largest absolute Gasteiger partial charge is 0.379 e. The van der Waals surface area contributed by atoms with E-state index in [1.54, 1.807) is 24.8 Å². The summed E-state index contributed by atoms with van der Waals surface area (Å²) < 4.78 is 5.01. The number of ether oxygens (including phenoxy) is 1. The molecule has 3 aromatic rings. The summed E-state index contributed by atoms with van der Waals surface area (Å²) in [7, 11) is 0. The summed E-state index contributed by atoms with van der Waals surface area (Å²) >= 11 is 0. The summed E-state index contributed by atoms with van der Waals surface area (Å²) in [6, 6.07) is 11.7. The van der Waals surface area contributed by atoms with E-state index < -0.39 is 0 Å². The zero-order valence-corrected chi connectivity index (χ0v) is 26.4. The molecule has 7 aliphatic heterocycles. The quantitative estimate of drug-likeness (QED) is 0.228. The highest BCUT2D eigenvalue weighted by Gasteiger charge is 2.10. The summed E-state index contributed by atoms with van der Waals surface area (Å²) in [5, 5.41) is 24.4. The highest BCUT2D eigenvalue weighted by molar-refractivity contribution is 6.17. The summed E-state index contributed by atoms with van der Waals surface area (Å²) in [6.07, 6.45) is 18.0. The lowest BCUT2D eigenvalue weighted by atomic mass is 10.3. The number of nitrogens with zero attached hydrogens (tertiary/aromatic N) is 12. The fourth-order valence-corrected chi connectivity index (χ4v) is 3.83. The summed E-state index contributed by atoms with van der Waals surface area (Å²) in [6.45, 7) is 7.32. The number of hydrogen-bond donors (Lipinski definition) is 4. The van der Waals surface area contributed by atoms with Crippen molar-refractivity contribution in [2.45, 2.75) is 0 Å². The van der Waals surface area contributed by atoms with Crippen LogP contribution in [0.4, 0.5) is 0 Å². The van der Waals surface area contributed by atoms with E-state index in [-0.39, 0.29) is 0 Å². The summed E-state index contributed by atoms with van der Waals surface area (Å²) in [5.74, 6) is 0.956. The molecular formula is C31H38N16O. The van der Waals surface area contributed by atoms with Gasteiger partial charge in [0.1, 0.15) is 31.2 Å². The van der Waals surface area contributed by atoms with Gasteiger partial charge in [0.05, 0.1) is 42.7 Å². The number of para-hydroxylation sites is 2. The number of nitrogens with one attached hydrogen (secondary N) is 4. The molecule has 248 valence electrons. The average Bonchev–Trinajstić information content (AvgIpc) is 4.03. The number of aromatic amines is 1. The Morgan fingerprint density at radius 1 is 0.688 bits per heavy atom. The van der Waals surface area contributed by atoms with Crippen LogP contribution in [0.2, 0.25) is 0 Å². The molecule has 2 aromatic heterocycles. The normalized spacial score (nSPS) is 16.7. The Balaban J connectivity index is 0.000000129. The van der Waals surface area contributed by atoms with Gasteiger partial charge in [0.15, 0.2) is 11.8 Å². The topological polar surface area (TPSA) is 212 Å². The maximum atomic E-state index is 5.01. The van der Waals surface area contributed by atoms with Crippen molar-refractivity contribution in [1.82, 2.24) is 41.6 Å². The number of H-pyrrole nitrogens is 1. The van der Waals surface area contributed by atoms with Crippen molar-refractivity contribution in [2.24, 2.45) is 39.9 Å². The van der Waals surface area contributed by atoms with Gasteiger partial charge in [-0.05, 0) is 36.4 Å². The Morgan fingerprint density at radius 3 is 1.96 bits per heavy atom. The van der Waals surface area contributed by atoms with Crippen molar-refractivity contribution in [3.05, 3.63) is 107 Å². The third kappa shape index (κ3) is 14.0.